The molecule has 0 aromatic rings. The second-order valence-electron chi connectivity index (χ2n) is 9.75. The van der Waals surface area contributed by atoms with E-state index in [2.05, 4.69) is 67.4 Å². The first kappa shape index (κ1) is 29.4. The van der Waals surface area contributed by atoms with Crippen LogP contribution in [0.2, 0.25) is 0 Å². The average Bonchev–Trinajstić information content (AvgIpc) is 2.86. The summed E-state index contributed by atoms with van der Waals surface area (Å²) in [4.78, 5) is 0. The molecule has 0 spiro atoms. The summed E-state index contributed by atoms with van der Waals surface area (Å²) in [6.07, 6.45) is 14.1. The van der Waals surface area contributed by atoms with Gasteiger partial charge in [0.2, 0.25) is 0 Å². The van der Waals surface area contributed by atoms with Crippen molar-refractivity contribution in [3.63, 3.8) is 0 Å². The molecule has 0 radical (unpaired) electrons. The lowest BCUT2D eigenvalue weighted by Gasteiger charge is -2.32. The Balaban J connectivity index is 0.000000612. The van der Waals surface area contributed by atoms with Crippen molar-refractivity contribution < 1.29 is 19.4 Å². The Morgan fingerprint density at radius 1 is 0.800 bits per heavy atom. The molecule has 1 fully saturated rings. The summed E-state index contributed by atoms with van der Waals surface area (Å²) in [6.45, 7) is 17.1. The zero-order valence-corrected chi connectivity index (χ0v) is 21.0. The molecule has 6 heteroatoms. The molecule has 4 nitrogen and oxygen atoms in total. The molecule has 174 valence electrons. The quantitative estimate of drug-likeness (QED) is 0.292. The van der Waals surface area contributed by atoms with E-state index in [1.165, 1.54) is 50.9 Å². The molecule has 1 rings (SSSR count). The minimum absolute atomic E-state index is 0.191. The third kappa shape index (κ3) is 13.0. The summed E-state index contributed by atoms with van der Waals surface area (Å²) in [6, 6.07) is 0. The van der Waals surface area contributed by atoms with Gasteiger partial charge in [0.15, 0.2) is 0 Å². The molecule has 0 aliphatic carbocycles. The highest BCUT2D eigenvalue weighted by molar-refractivity contribution is 6.51. The van der Waals surface area contributed by atoms with Crippen LogP contribution in [0, 0.1) is 11.8 Å². The van der Waals surface area contributed by atoms with Gasteiger partial charge in [-0.2, -0.15) is 0 Å². The van der Waals surface area contributed by atoms with Crippen LogP contribution in [0.25, 0.3) is 0 Å². The Hall–Kier alpha value is -0.550. The normalized spacial score (nSPS) is 19.7. The molecule has 0 aromatic carbocycles. The predicted octanol–water partition coefficient (Wildman–Crippen LogP) is 6.16. The Kier molecular flexibility index (Phi) is 15.0. The summed E-state index contributed by atoms with van der Waals surface area (Å²) in [5.74, 6) is 4.57. The molecule has 2 atom stereocenters. The number of allylic oxidation sites excluding steroid dienone is 2. The molecule has 0 saturated carbocycles. The van der Waals surface area contributed by atoms with Crippen LogP contribution in [0.4, 0.5) is 0 Å². The van der Waals surface area contributed by atoms with E-state index in [0.717, 1.165) is 6.42 Å². The van der Waals surface area contributed by atoms with Gasteiger partial charge in [-0.25, -0.2) is 0 Å². The molecule has 2 N–H and O–H groups in total. The highest BCUT2D eigenvalue weighted by Gasteiger charge is 2.49. The maximum absolute atomic E-state index is 8.54. The number of unbranched alkanes of at least 4 members (excludes halogenated alkanes) is 4. The van der Waals surface area contributed by atoms with Crippen molar-refractivity contribution in [2.24, 2.45) is 11.8 Å². The highest BCUT2D eigenvalue weighted by atomic mass is 16.7. The summed E-state index contributed by atoms with van der Waals surface area (Å²) in [5.41, 5.74) is -0.457. The van der Waals surface area contributed by atoms with Crippen LogP contribution in [0.15, 0.2) is 24.1 Å². The molecule has 30 heavy (non-hydrogen) atoms. The maximum atomic E-state index is 8.54. The summed E-state index contributed by atoms with van der Waals surface area (Å²) in [5, 5.41) is 17.1. The fourth-order valence-corrected chi connectivity index (χ4v) is 3.16. The molecule has 1 aliphatic rings. The van der Waals surface area contributed by atoms with Crippen LogP contribution >= 0.6 is 0 Å². The lowest BCUT2D eigenvalue weighted by atomic mass is 9.87. The van der Waals surface area contributed by atoms with Crippen molar-refractivity contribution >= 4 is 14.2 Å². The van der Waals surface area contributed by atoms with Gasteiger partial charge in [-0.05, 0) is 52.4 Å². The van der Waals surface area contributed by atoms with Gasteiger partial charge in [0.05, 0.1) is 11.2 Å². The molecule has 1 heterocycles. The molecule has 0 unspecified atom stereocenters. The van der Waals surface area contributed by atoms with Gasteiger partial charge in [-0.3, -0.25) is 0 Å². The van der Waals surface area contributed by atoms with Gasteiger partial charge in [-0.1, -0.05) is 90.3 Å². The van der Waals surface area contributed by atoms with Crippen molar-refractivity contribution in [3.8, 4) is 0 Å². The summed E-state index contributed by atoms with van der Waals surface area (Å²) in [7, 11) is -1.48. The Morgan fingerprint density at radius 2 is 1.23 bits per heavy atom. The van der Waals surface area contributed by atoms with E-state index in [1.54, 1.807) is 0 Å². The second-order valence-corrected chi connectivity index (χ2v) is 9.75. The van der Waals surface area contributed by atoms with Crippen LogP contribution in [-0.2, 0) is 9.31 Å². The van der Waals surface area contributed by atoms with Crippen molar-refractivity contribution in [2.45, 2.75) is 118 Å². The Morgan fingerprint density at radius 3 is 1.63 bits per heavy atom. The Labute approximate surface area is 187 Å². The van der Waals surface area contributed by atoms with Crippen molar-refractivity contribution in [2.75, 3.05) is 0 Å². The minimum Gasteiger partial charge on any atom is -0.424 e. The van der Waals surface area contributed by atoms with Gasteiger partial charge in [0, 0.05) is 0 Å². The number of rotatable bonds is 12. The second kappa shape index (κ2) is 15.3. The smallest absolute Gasteiger partial charge is 0.424 e. The third-order valence-corrected chi connectivity index (χ3v) is 6.01. The van der Waals surface area contributed by atoms with Gasteiger partial charge in [0.1, 0.15) is 0 Å². The van der Waals surface area contributed by atoms with E-state index in [0.29, 0.717) is 11.8 Å². The first-order valence-corrected chi connectivity index (χ1v) is 12.0. The SMILES string of the molecule is CCCCC[C@H](C)/C=C/B(O)O.CCCCC[C@H](C)/C=C/B1OC(C)(C)C(C)(C)O1. The van der Waals surface area contributed by atoms with E-state index in [9.17, 15) is 0 Å². The minimum atomic E-state index is -1.29. The zero-order valence-electron chi connectivity index (χ0n) is 21.0. The van der Waals surface area contributed by atoms with Crippen LogP contribution in [0.3, 0.4) is 0 Å². The summed E-state index contributed by atoms with van der Waals surface area (Å²) < 4.78 is 11.9. The molecule has 1 aliphatic heterocycles. The molecule has 0 aromatic heterocycles. The predicted molar refractivity (Wildman–Crippen MR) is 131 cm³/mol. The summed E-state index contributed by atoms with van der Waals surface area (Å²) >= 11 is 0. The Bertz CT molecular complexity index is 474. The highest BCUT2D eigenvalue weighted by Crippen LogP contribution is 2.37. The topological polar surface area (TPSA) is 58.9 Å². The standard InChI is InChI=1S/C15H29BO2.C9H19BO2/c1-7-8-9-10-13(2)11-12-16-17-14(3,4)15(5,6)18-16;1-3-4-5-6-9(2)7-8-10(11)12/h11-13H,7-10H2,1-6H3;7-9,11-12H,3-6H2,1-2H3/b12-11+;8-7+/t13-;9-/m00/s1. The maximum Gasteiger partial charge on any atom is 0.486 e. The van der Waals surface area contributed by atoms with Crippen molar-refractivity contribution in [1.29, 1.82) is 0 Å². The fourth-order valence-electron chi connectivity index (χ4n) is 3.16. The first-order valence-electron chi connectivity index (χ1n) is 12.0. The van der Waals surface area contributed by atoms with Crippen molar-refractivity contribution in [3.05, 3.63) is 24.1 Å². The van der Waals surface area contributed by atoms with Gasteiger partial charge >= 0.3 is 14.2 Å². The van der Waals surface area contributed by atoms with Crippen LogP contribution in [0.1, 0.15) is 107 Å². The van der Waals surface area contributed by atoms with E-state index in [-0.39, 0.29) is 18.3 Å². The molecular weight excluding hydrogens is 374 g/mol. The van der Waals surface area contributed by atoms with Crippen molar-refractivity contribution in [1.82, 2.24) is 0 Å². The van der Waals surface area contributed by atoms with Crippen LogP contribution in [-0.4, -0.2) is 35.5 Å². The van der Waals surface area contributed by atoms with Gasteiger partial charge < -0.3 is 19.4 Å². The van der Waals surface area contributed by atoms with Crippen LogP contribution in [0.5, 0.6) is 0 Å². The first-order chi connectivity index (χ1) is 13.9. The van der Waals surface area contributed by atoms with E-state index < -0.39 is 7.12 Å². The molecule has 1 saturated heterocycles. The van der Waals surface area contributed by atoms with Gasteiger partial charge in [-0.15, -0.1) is 0 Å². The van der Waals surface area contributed by atoms with E-state index >= 15 is 0 Å². The lowest BCUT2D eigenvalue weighted by Crippen LogP contribution is -2.41. The lowest BCUT2D eigenvalue weighted by molar-refractivity contribution is 0.00578. The van der Waals surface area contributed by atoms with Gasteiger partial charge in [0.25, 0.3) is 0 Å². The van der Waals surface area contributed by atoms with Crippen LogP contribution < -0.4 is 0 Å². The third-order valence-electron chi connectivity index (χ3n) is 6.01. The monoisotopic (exact) mass is 422 g/mol. The number of hydrogen-bond acceptors (Lipinski definition) is 4. The molecule has 0 bridgehead atoms. The molecular formula is C24H48B2O4. The fraction of sp³-hybridized carbons (Fsp3) is 0.833. The van der Waals surface area contributed by atoms with E-state index in [1.807, 2.05) is 6.08 Å². The number of hydrogen-bond donors (Lipinski definition) is 2. The van der Waals surface area contributed by atoms with E-state index in [4.69, 9.17) is 19.4 Å². The average molecular weight is 422 g/mol. The largest absolute Gasteiger partial charge is 0.486 e. The molecule has 0 amide bonds. The zero-order chi connectivity index (χ0) is 23.2.